The van der Waals surface area contributed by atoms with E-state index in [1.807, 2.05) is 7.05 Å². The molecule has 2 fully saturated rings. The van der Waals surface area contributed by atoms with Gasteiger partial charge in [0.15, 0.2) is 5.96 Å². The second-order valence-electron chi connectivity index (χ2n) is 6.55. The first kappa shape index (κ1) is 14.9. The van der Waals surface area contributed by atoms with Gasteiger partial charge in [0.1, 0.15) is 0 Å². The molecule has 1 saturated heterocycles. The lowest BCUT2D eigenvalue weighted by molar-refractivity contribution is -0.188. The molecule has 1 aromatic rings. The number of fused-ring (bicyclic) bond motifs is 1. The van der Waals surface area contributed by atoms with Gasteiger partial charge in [-0.2, -0.15) is 0 Å². The highest BCUT2D eigenvalue weighted by molar-refractivity contribution is 7.09. The van der Waals surface area contributed by atoms with Gasteiger partial charge in [-0.05, 0) is 24.3 Å². The monoisotopic (exact) mass is 307 g/mol. The first-order valence-electron chi connectivity index (χ1n) is 7.74. The molecule has 2 aliphatic rings. The van der Waals surface area contributed by atoms with Crippen molar-refractivity contribution in [2.45, 2.75) is 45.4 Å². The molecule has 0 bridgehead atoms. The van der Waals surface area contributed by atoms with Gasteiger partial charge in [0, 0.05) is 35.9 Å². The normalized spacial score (nSPS) is 31.2. The van der Waals surface area contributed by atoms with Gasteiger partial charge >= 0.3 is 0 Å². The molecule has 1 aliphatic heterocycles. The third kappa shape index (κ3) is 2.81. The molecule has 3 rings (SSSR count). The highest BCUT2D eigenvalue weighted by Gasteiger charge is 2.58. The zero-order chi connectivity index (χ0) is 14.9. The van der Waals surface area contributed by atoms with Gasteiger partial charge in [-0.1, -0.05) is 19.9 Å². The van der Waals surface area contributed by atoms with Crippen LogP contribution in [0.1, 0.15) is 31.6 Å². The van der Waals surface area contributed by atoms with Gasteiger partial charge in [-0.15, -0.1) is 11.3 Å². The van der Waals surface area contributed by atoms with Crippen LogP contribution in [0, 0.1) is 11.3 Å². The maximum absolute atomic E-state index is 5.96. The summed E-state index contributed by atoms with van der Waals surface area (Å²) in [6.07, 6.45) is 2.84. The highest BCUT2D eigenvalue weighted by Crippen LogP contribution is 2.51. The molecule has 0 spiro atoms. The van der Waals surface area contributed by atoms with Crippen molar-refractivity contribution < 1.29 is 4.74 Å². The molecule has 0 amide bonds. The number of nitrogens with zero attached hydrogens (tertiary/aromatic N) is 1. The molecular formula is C16H25N3OS. The zero-order valence-corrected chi connectivity index (χ0v) is 13.9. The van der Waals surface area contributed by atoms with E-state index in [2.05, 4.69) is 47.0 Å². The summed E-state index contributed by atoms with van der Waals surface area (Å²) in [6.45, 7) is 6.34. The Morgan fingerprint density at radius 2 is 2.38 bits per heavy atom. The number of nitrogens with one attached hydrogen (secondary N) is 2. The Morgan fingerprint density at radius 1 is 1.52 bits per heavy atom. The second-order valence-corrected chi connectivity index (χ2v) is 7.58. The molecule has 1 saturated carbocycles. The van der Waals surface area contributed by atoms with Gasteiger partial charge in [0.2, 0.25) is 0 Å². The van der Waals surface area contributed by atoms with Gasteiger partial charge in [-0.3, -0.25) is 4.99 Å². The first-order valence-corrected chi connectivity index (χ1v) is 8.62. The number of thiophene rings is 1. The van der Waals surface area contributed by atoms with Crippen LogP contribution in [-0.4, -0.2) is 31.8 Å². The summed E-state index contributed by atoms with van der Waals surface area (Å²) in [6, 6.07) is 4.66. The van der Waals surface area contributed by atoms with Gasteiger partial charge in [0.05, 0.1) is 12.6 Å². The predicted octanol–water partition coefficient (Wildman–Crippen LogP) is 2.62. The Bertz CT molecular complexity index is 498. The summed E-state index contributed by atoms with van der Waals surface area (Å²) in [5.74, 6) is 1.51. The van der Waals surface area contributed by atoms with Gasteiger partial charge in [0.25, 0.3) is 0 Å². The van der Waals surface area contributed by atoms with Crippen LogP contribution < -0.4 is 10.6 Å². The van der Waals surface area contributed by atoms with Crippen LogP contribution in [0.3, 0.4) is 0 Å². The fraction of sp³-hybridized carbons (Fsp3) is 0.688. The molecule has 4 nitrogen and oxygen atoms in total. The lowest BCUT2D eigenvalue weighted by atomic mass is 9.55. The topological polar surface area (TPSA) is 45.7 Å². The van der Waals surface area contributed by atoms with E-state index >= 15 is 0 Å². The Morgan fingerprint density at radius 3 is 3.10 bits per heavy atom. The summed E-state index contributed by atoms with van der Waals surface area (Å²) in [5, 5.41) is 9.13. The standard InChI is InChI=1S/C16H25N3OS/c1-16(2)13(12-7-4-8-20-14(12)16)19-15(17-3)18-10-11-6-5-9-21-11/h5-6,9,12-14H,4,7-8,10H2,1-3H3,(H2,17,18,19). The van der Waals surface area contributed by atoms with E-state index in [4.69, 9.17) is 4.74 Å². The number of hydrogen-bond acceptors (Lipinski definition) is 3. The molecule has 2 heterocycles. The van der Waals surface area contributed by atoms with E-state index in [1.54, 1.807) is 11.3 Å². The third-order valence-electron chi connectivity index (χ3n) is 4.86. The number of guanidine groups is 1. The van der Waals surface area contributed by atoms with Crippen molar-refractivity contribution >= 4 is 17.3 Å². The van der Waals surface area contributed by atoms with Crippen LogP contribution in [0.2, 0.25) is 0 Å². The van der Waals surface area contributed by atoms with Crippen molar-refractivity contribution in [2.24, 2.45) is 16.3 Å². The number of aliphatic imine (C=N–C) groups is 1. The minimum Gasteiger partial charge on any atom is -0.377 e. The average molecular weight is 307 g/mol. The van der Waals surface area contributed by atoms with E-state index in [0.29, 0.717) is 18.1 Å². The largest absolute Gasteiger partial charge is 0.377 e. The van der Waals surface area contributed by atoms with Crippen molar-refractivity contribution in [3.63, 3.8) is 0 Å². The van der Waals surface area contributed by atoms with E-state index < -0.39 is 0 Å². The maximum atomic E-state index is 5.96. The van der Waals surface area contributed by atoms with Crippen LogP contribution in [0.5, 0.6) is 0 Å². The van der Waals surface area contributed by atoms with Crippen molar-refractivity contribution in [3.05, 3.63) is 22.4 Å². The third-order valence-corrected chi connectivity index (χ3v) is 5.73. The Kier molecular flexibility index (Phi) is 4.22. The number of ether oxygens (including phenoxy) is 1. The summed E-state index contributed by atoms with van der Waals surface area (Å²) >= 11 is 1.77. The molecule has 5 heteroatoms. The summed E-state index contributed by atoms with van der Waals surface area (Å²) in [4.78, 5) is 5.69. The van der Waals surface area contributed by atoms with E-state index in [0.717, 1.165) is 19.1 Å². The lowest BCUT2D eigenvalue weighted by Gasteiger charge is -2.60. The summed E-state index contributed by atoms with van der Waals surface area (Å²) < 4.78 is 5.96. The molecular weight excluding hydrogens is 282 g/mol. The Labute approximate surface area is 131 Å². The number of hydrogen-bond donors (Lipinski definition) is 2. The molecule has 1 aromatic heterocycles. The Balaban J connectivity index is 1.59. The van der Waals surface area contributed by atoms with Crippen molar-refractivity contribution in [2.75, 3.05) is 13.7 Å². The van der Waals surface area contributed by atoms with E-state index in [-0.39, 0.29) is 5.41 Å². The summed E-state index contributed by atoms with van der Waals surface area (Å²) in [5.41, 5.74) is 0.172. The molecule has 116 valence electrons. The van der Waals surface area contributed by atoms with Crippen LogP contribution in [0.15, 0.2) is 22.5 Å². The summed E-state index contributed by atoms with van der Waals surface area (Å²) in [7, 11) is 1.84. The molecule has 2 N–H and O–H groups in total. The molecule has 1 aliphatic carbocycles. The maximum Gasteiger partial charge on any atom is 0.191 e. The van der Waals surface area contributed by atoms with Crippen molar-refractivity contribution in [3.8, 4) is 0 Å². The fourth-order valence-corrected chi connectivity index (χ4v) is 4.39. The lowest BCUT2D eigenvalue weighted by Crippen LogP contribution is -2.70. The quantitative estimate of drug-likeness (QED) is 0.666. The fourth-order valence-electron chi connectivity index (χ4n) is 3.74. The minimum absolute atomic E-state index is 0.172. The smallest absolute Gasteiger partial charge is 0.191 e. The number of rotatable bonds is 3. The van der Waals surface area contributed by atoms with Gasteiger partial charge in [-0.25, -0.2) is 0 Å². The molecule has 3 unspecified atom stereocenters. The predicted molar refractivity (Wildman–Crippen MR) is 87.7 cm³/mol. The van der Waals surface area contributed by atoms with E-state index in [9.17, 15) is 0 Å². The Hall–Kier alpha value is -1.07. The SMILES string of the molecule is CN=C(NCc1cccs1)NC1C2CCCOC2C1(C)C. The second kappa shape index (κ2) is 5.97. The van der Waals surface area contributed by atoms with Crippen LogP contribution in [-0.2, 0) is 11.3 Å². The average Bonchev–Trinajstić information content (AvgIpc) is 3.00. The van der Waals surface area contributed by atoms with Crippen LogP contribution in [0.4, 0.5) is 0 Å². The van der Waals surface area contributed by atoms with Crippen LogP contribution in [0.25, 0.3) is 0 Å². The van der Waals surface area contributed by atoms with Crippen LogP contribution >= 0.6 is 11.3 Å². The molecule has 0 aromatic carbocycles. The van der Waals surface area contributed by atoms with Crippen molar-refractivity contribution in [1.29, 1.82) is 0 Å². The van der Waals surface area contributed by atoms with Gasteiger partial charge < -0.3 is 15.4 Å². The van der Waals surface area contributed by atoms with E-state index in [1.165, 1.54) is 17.7 Å². The molecule has 0 radical (unpaired) electrons. The minimum atomic E-state index is 0.172. The molecule has 21 heavy (non-hydrogen) atoms. The zero-order valence-electron chi connectivity index (χ0n) is 13.1. The van der Waals surface area contributed by atoms with Crippen molar-refractivity contribution in [1.82, 2.24) is 10.6 Å². The molecule has 3 atom stereocenters. The first-order chi connectivity index (χ1) is 10.1. The highest BCUT2D eigenvalue weighted by atomic mass is 32.1.